The van der Waals surface area contributed by atoms with Gasteiger partial charge in [-0.15, -0.1) is 0 Å². The van der Waals surface area contributed by atoms with E-state index in [1.165, 1.54) is 0 Å². The minimum atomic E-state index is -0.156. The van der Waals surface area contributed by atoms with Crippen molar-refractivity contribution in [1.29, 1.82) is 0 Å². The van der Waals surface area contributed by atoms with Crippen molar-refractivity contribution in [2.75, 3.05) is 6.54 Å². The number of hydrazone groups is 1. The van der Waals surface area contributed by atoms with E-state index in [1.807, 2.05) is 5.01 Å². The van der Waals surface area contributed by atoms with Crippen LogP contribution in [-0.4, -0.2) is 22.4 Å². The van der Waals surface area contributed by atoms with Gasteiger partial charge in [-0.3, -0.25) is 9.80 Å². The van der Waals surface area contributed by atoms with Crippen LogP contribution in [0.3, 0.4) is 0 Å². The maximum Gasteiger partial charge on any atom is 0.190 e. The minimum absolute atomic E-state index is 0.0541. The molecule has 0 aliphatic carbocycles. The summed E-state index contributed by atoms with van der Waals surface area (Å²) in [6.45, 7) is 9.30. The molecule has 3 nitrogen and oxygen atoms in total. The number of ketones is 1. The first-order chi connectivity index (χ1) is 11.2. The third-order valence-corrected chi connectivity index (χ3v) is 5.75. The third kappa shape index (κ3) is 4.56. The van der Waals surface area contributed by atoms with Gasteiger partial charge in [0.1, 0.15) is 10.1 Å². The molecular weight excluding hydrogens is 363 g/mol. The van der Waals surface area contributed by atoms with Gasteiger partial charge >= 0.3 is 0 Å². The first kappa shape index (κ1) is 19.4. The fourth-order valence-electron chi connectivity index (χ4n) is 2.09. The molecule has 130 valence electrons. The monoisotopic (exact) mass is 384 g/mol. The van der Waals surface area contributed by atoms with Crippen molar-refractivity contribution in [2.24, 2.45) is 10.5 Å². The second-order valence-electron chi connectivity index (χ2n) is 6.68. The van der Waals surface area contributed by atoms with Gasteiger partial charge in [-0.2, -0.15) is 5.10 Å². The van der Waals surface area contributed by atoms with Gasteiger partial charge in [-0.1, -0.05) is 75.1 Å². The number of thioether (sulfide) groups is 1. The lowest BCUT2D eigenvalue weighted by Crippen LogP contribution is -2.16. The molecule has 0 unspecified atom stereocenters. The summed E-state index contributed by atoms with van der Waals surface area (Å²) in [5.74, 6) is -0.156. The molecule has 0 N–H and O–H groups in total. The Morgan fingerprint density at radius 1 is 1.33 bits per heavy atom. The highest BCUT2D eigenvalue weighted by Gasteiger charge is 2.30. The van der Waals surface area contributed by atoms with Crippen molar-refractivity contribution in [3.05, 3.63) is 44.9 Å². The van der Waals surface area contributed by atoms with Crippen LogP contribution in [-0.2, 0) is 0 Å². The van der Waals surface area contributed by atoms with Crippen molar-refractivity contribution >= 4 is 45.8 Å². The van der Waals surface area contributed by atoms with E-state index < -0.39 is 0 Å². The third-order valence-electron chi connectivity index (χ3n) is 3.50. The molecular formula is C18H22Cl2N2OS. The molecule has 1 aromatic rings. The summed E-state index contributed by atoms with van der Waals surface area (Å²) in [6, 6.07) is 5.09. The molecule has 0 radical (unpaired) electrons. The summed E-state index contributed by atoms with van der Waals surface area (Å²) in [5.41, 5.74) is 0.360. The molecule has 1 aromatic carbocycles. The van der Waals surface area contributed by atoms with Crippen LogP contribution >= 0.6 is 35.0 Å². The van der Waals surface area contributed by atoms with Crippen LogP contribution in [0.1, 0.15) is 50.9 Å². The molecule has 1 heterocycles. The zero-order valence-corrected chi connectivity index (χ0v) is 16.7. The zero-order valence-electron chi connectivity index (χ0n) is 14.4. The van der Waals surface area contributed by atoms with E-state index in [0.29, 0.717) is 15.6 Å². The molecule has 0 saturated heterocycles. The zero-order chi connectivity index (χ0) is 17.9. The van der Waals surface area contributed by atoms with Gasteiger partial charge in [0, 0.05) is 23.6 Å². The highest BCUT2D eigenvalue weighted by atomic mass is 35.5. The first-order valence-electron chi connectivity index (χ1n) is 7.98. The van der Waals surface area contributed by atoms with Gasteiger partial charge in [0.25, 0.3) is 0 Å². The predicted molar refractivity (Wildman–Crippen MR) is 105 cm³/mol. The average molecular weight is 385 g/mol. The van der Waals surface area contributed by atoms with Crippen LogP contribution in [0.15, 0.2) is 34.4 Å². The summed E-state index contributed by atoms with van der Waals surface area (Å²) < 4.78 is 0. The smallest absolute Gasteiger partial charge is 0.190 e. The quantitative estimate of drug-likeness (QED) is 0.445. The Bertz CT molecular complexity index is 693. The molecule has 0 amide bonds. The van der Waals surface area contributed by atoms with E-state index in [0.717, 1.165) is 29.5 Å². The number of hydrogen-bond acceptors (Lipinski definition) is 4. The fourth-order valence-corrected chi connectivity index (χ4v) is 3.53. The van der Waals surface area contributed by atoms with Gasteiger partial charge in [-0.25, -0.2) is 0 Å². The standard InChI is InChI=1S/C18H22Cl2N2OS/c1-5-6-10-22-15(24-17(21-22)18(2,3)4)11-14(23)12-8-7-9-13(19)16(12)20/h7-9,11H,5-6,10H2,1-4H3/b15-11-. The van der Waals surface area contributed by atoms with Crippen LogP contribution in [0.2, 0.25) is 10.0 Å². The number of rotatable bonds is 5. The predicted octanol–water partition coefficient (Wildman–Crippen LogP) is 6.23. The molecule has 0 bridgehead atoms. The van der Waals surface area contributed by atoms with Gasteiger partial charge < -0.3 is 0 Å². The maximum absolute atomic E-state index is 12.6. The van der Waals surface area contributed by atoms with E-state index in [9.17, 15) is 4.79 Å². The first-order valence-corrected chi connectivity index (χ1v) is 9.55. The van der Waals surface area contributed by atoms with Crippen molar-refractivity contribution in [3.8, 4) is 0 Å². The molecule has 6 heteroatoms. The highest BCUT2D eigenvalue weighted by Crippen LogP contribution is 2.38. The molecule has 0 spiro atoms. The number of unbranched alkanes of at least 4 members (excludes halogenated alkanes) is 1. The van der Waals surface area contributed by atoms with Crippen molar-refractivity contribution in [1.82, 2.24) is 5.01 Å². The Hall–Kier alpha value is -0.970. The number of hydrogen-bond donors (Lipinski definition) is 0. The van der Waals surface area contributed by atoms with Crippen molar-refractivity contribution in [3.63, 3.8) is 0 Å². The summed E-state index contributed by atoms with van der Waals surface area (Å²) in [6.07, 6.45) is 3.70. The van der Waals surface area contributed by atoms with E-state index in [-0.39, 0.29) is 11.2 Å². The molecule has 0 atom stereocenters. The molecule has 0 aromatic heterocycles. The summed E-state index contributed by atoms with van der Waals surface area (Å²) in [7, 11) is 0. The van der Waals surface area contributed by atoms with Gasteiger partial charge in [-0.05, 0) is 18.6 Å². The topological polar surface area (TPSA) is 32.7 Å². The van der Waals surface area contributed by atoms with Gasteiger partial charge in [0.05, 0.1) is 10.0 Å². The summed E-state index contributed by atoms with van der Waals surface area (Å²) >= 11 is 13.7. The molecule has 1 aliphatic rings. The van der Waals surface area contributed by atoms with Crippen LogP contribution in [0.4, 0.5) is 0 Å². The van der Waals surface area contributed by atoms with Crippen LogP contribution in [0.25, 0.3) is 0 Å². The van der Waals surface area contributed by atoms with Crippen molar-refractivity contribution < 1.29 is 4.79 Å². The Labute approximate surface area is 158 Å². The lowest BCUT2D eigenvalue weighted by Gasteiger charge is -2.15. The van der Waals surface area contributed by atoms with Crippen LogP contribution < -0.4 is 0 Å². The van der Waals surface area contributed by atoms with Crippen molar-refractivity contribution in [2.45, 2.75) is 40.5 Å². The Morgan fingerprint density at radius 2 is 2.04 bits per heavy atom. The molecule has 24 heavy (non-hydrogen) atoms. The van der Waals surface area contributed by atoms with E-state index in [4.69, 9.17) is 28.3 Å². The summed E-state index contributed by atoms with van der Waals surface area (Å²) in [5, 5.41) is 9.15. The number of nitrogens with zero attached hydrogens (tertiary/aromatic N) is 2. The number of benzene rings is 1. The SMILES string of the molecule is CCCCN1N=C(C(C)(C)C)S/C1=C\C(=O)c1cccc(Cl)c1Cl. The normalized spacial score (nSPS) is 16.7. The lowest BCUT2D eigenvalue weighted by molar-refractivity contribution is 0.104. The van der Waals surface area contributed by atoms with Crippen LogP contribution in [0.5, 0.6) is 0 Å². The number of allylic oxidation sites excluding steroid dienone is 1. The second kappa shape index (κ2) is 7.94. The second-order valence-corrected chi connectivity index (χ2v) is 8.48. The number of carbonyl (C=O) groups excluding carboxylic acids is 1. The van der Waals surface area contributed by atoms with E-state index >= 15 is 0 Å². The van der Waals surface area contributed by atoms with E-state index in [2.05, 4.69) is 27.7 Å². The molecule has 0 saturated carbocycles. The number of halogens is 2. The van der Waals surface area contributed by atoms with Crippen LogP contribution in [0, 0.1) is 5.41 Å². The Morgan fingerprint density at radius 3 is 2.67 bits per heavy atom. The summed E-state index contributed by atoms with van der Waals surface area (Å²) in [4.78, 5) is 12.6. The molecule has 0 fully saturated rings. The molecule has 1 aliphatic heterocycles. The Kier molecular flexibility index (Phi) is 6.40. The highest BCUT2D eigenvalue weighted by molar-refractivity contribution is 8.17. The number of carbonyl (C=O) groups is 1. The lowest BCUT2D eigenvalue weighted by atomic mass is 9.99. The van der Waals surface area contributed by atoms with Gasteiger partial charge in [0.15, 0.2) is 5.78 Å². The maximum atomic E-state index is 12.6. The largest absolute Gasteiger partial charge is 0.289 e. The van der Waals surface area contributed by atoms with E-state index in [1.54, 1.807) is 36.0 Å². The molecule has 2 rings (SSSR count). The Balaban J connectivity index is 2.29. The average Bonchev–Trinajstić information content (AvgIpc) is 2.91. The van der Waals surface area contributed by atoms with Gasteiger partial charge in [0.2, 0.25) is 0 Å². The minimum Gasteiger partial charge on any atom is -0.289 e. The fraction of sp³-hybridized carbons (Fsp3) is 0.444.